The molecule has 5 aromatic rings. The van der Waals surface area contributed by atoms with E-state index in [1.807, 2.05) is 61.5 Å². The molecule has 0 aliphatic rings. The normalized spacial score (nSPS) is 11.0. The first-order chi connectivity index (χ1) is 19.9. The van der Waals surface area contributed by atoms with E-state index < -0.39 is 11.9 Å². The first-order valence-electron chi connectivity index (χ1n) is 12.7. The van der Waals surface area contributed by atoms with Crippen LogP contribution in [0, 0.1) is 6.92 Å². The molecule has 0 saturated carbocycles. The smallest absolute Gasteiger partial charge is 0.345 e. The Morgan fingerprint density at radius 2 is 1.63 bits per heavy atom. The van der Waals surface area contributed by atoms with Gasteiger partial charge in [-0.1, -0.05) is 83.4 Å². The van der Waals surface area contributed by atoms with Crippen LogP contribution in [0.25, 0.3) is 10.8 Å². The summed E-state index contributed by atoms with van der Waals surface area (Å²) in [4.78, 5) is 25.7. The Balaban J connectivity index is 1.29. The lowest BCUT2D eigenvalue weighted by Crippen LogP contribution is -2.17. The lowest BCUT2D eigenvalue weighted by atomic mass is 10.0. The van der Waals surface area contributed by atoms with Gasteiger partial charge in [0, 0.05) is 16.1 Å². The van der Waals surface area contributed by atoms with Crippen LogP contribution < -0.4 is 14.9 Å². The number of carbonyl (C=O) groups excluding carboxylic acids is 2. The van der Waals surface area contributed by atoms with E-state index in [4.69, 9.17) is 32.7 Å². The fraction of sp³-hybridized carbons (Fsp3) is 0.0606. The highest BCUT2D eigenvalue weighted by Crippen LogP contribution is 2.29. The van der Waals surface area contributed by atoms with E-state index >= 15 is 0 Å². The first kappa shape index (κ1) is 27.9. The molecule has 6 nitrogen and oxygen atoms in total. The molecule has 1 amide bonds. The summed E-state index contributed by atoms with van der Waals surface area (Å²) in [6.45, 7) is 2.46. The van der Waals surface area contributed by atoms with Crippen molar-refractivity contribution in [3.8, 4) is 11.5 Å². The van der Waals surface area contributed by atoms with E-state index in [1.165, 1.54) is 23.9 Å². The van der Waals surface area contributed by atoms with Crippen LogP contribution >= 0.6 is 23.2 Å². The number of amides is 1. The highest BCUT2D eigenvalue weighted by molar-refractivity contribution is 6.36. The van der Waals surface area contributed by atoms with Crippen LogP contribution in [-0.4, -0.2) is 18.1 Å². The van der Waals surface area contributed by atoms with Crippen molar-refractivity contribution >= 4 is 52.1 Å². The molecular formula is C33H24Cl2N2O4. The van der Waals surface area contributed by atoms with E-state index in [1.54, 1.807) is 36.4 Å². The standard InChI is InChI=1S/C33H24Cl2N2O4/c1-21-6-8-22(9-7-21)20-40-26-14-10-24(11-15-26)32(38)37-36-19-29-27-5-3-2-4-23(27)12-17-31(29)41-33(39)28-16-13-25(34)18-30(28)35/h2-19H,20H2,1H3,(H,37,38). The molecule has 0 unspecified atom stereocenters. The number of aryl methyl sites for hydroxylation is 1. The van der Waals surface area contributed by atoms with E-state index in [0.29, 0.717) is 28.5 Å². The molecule has 0 bridgehead atoms. The summed E-state index contributed by atoms with van der Waals surface area (Å²) in [5.41, 5.74) is 5.88. The van der Waals surface area contributed by atoms with Crippen molar-refractivity contribution in [1.29, 1.82) is 0 Å². The molecular weight excluding hydrogens is 559 g/mol. The van der Waals surface area contributed by atoms with Crippen LogP contribution in [0.2, 0.25) is 10.0 Å². The SMILES string of the molecule is Cc1ccc(COc2ccc(C(=O)NN=Cc3c(OC(=O)c4ccc(Cl)cc4Cl)ccc4ccccc34)cc2)cc1. The maximum absolute atomic E-state index is 12.9. The first-order valence-corrected chi connectivity index (χ1v) is 13.4. The number of hydrazone groups is 1. The number of fused-ring (bicyclic) bond motifs is 1. The molecule has 41 heavy (non-hydrogen) atoms. The monoisotopic (exact) mass is 582 g/mol. The van der Waals surface area contributed by atoms with E-state index in [9.17, 15) is 9.59 Å². The fourth-order valence-corrected chi connectivity index (χ4v) is 4.57. The van der Waals surface area contributed by atoms with Crippen LogP contribution in [0.5, 0.6) is 11.5 Å². The van der Waals surface area contributed by atoms with Crippen LogP contribution in [0.4, 0.5) is 0 Å². The lowest BCUT2D eigenvalue weighted by Gasteiger charge is -2.11. The third-order valence-corrected chi connectivity index (χ3v) is 6.83. The third-order valence-electron chi connectivity index (χ3n) is 6.29. The molecule has 0 aromatic heterocycles. The second kappa shape index (κ2) is 12.7. The molecule has 5 rings (SSSR count). The zero-order valence-electron chi connectivity index (χ0n) is 21.9. The fourth-order valence-electron chi connectivity index (χ4n) is 4.08. The second-order valence-corrected chi connectivity index (χ2v) is 10.1. The lowest BCUT2D eigenvalue weighted by molar-refractivity contribution is 0.0734. The van der Waals surface area contributed by atoms with Gasteiger partial charge in [-0.25, -0.2) is 10.2 Å². The van der Waals surface area contributed by atoms with Gasteiger partial charge in [0.1, 0.15) is 18.1 Å². The van der Waals surface area contributed by atoms with Gasteiger partial charge in [0.15, 0.2) is 0 Å². The van der Waals surface area contributed by atoms with Crippen LogP contribution in [0.3, 0.4) is 0 Å². The molecule has 0 saturated heterocycles. The number of hydrogen-bond acceptors (Lipinski definition) is 5. The zero-order chi connectivity index (χ0) is 28.8. The third kappa shape index (κ3) is 6.92. The number of nitrogens with zero attached hydrogens (tertiary/aromatic N) is 1. The summed E-state index contributed by atoms with van der Waals surface area (Å²) >= 11 is 12.1. The van der Waals surface area contributed by atoms with Crippen LogP contribution in [-0.2, 0) is 6.61 Å². The summed E-state index contributed by atoms with van der Waals surface area (Å²) in [6.07, 6.45) is 1.45. The number of nitrogens with one attached hydrogen (secondary N) is 1. The molecule has 0 spiro atoms. The molecule has 204 valence electrons. The van der Waals surface area contributed by atoms with E-state index in [2.05, 4.69) is 10.5 Å². The molecule has 0 fully saturated rings. The number of halogens is 2. The molecule has 8 heteroatoms. The van der Waals surface area contributed by atoms with Crippen molar-refractivity contribution in [2.24, 2.45) is 5.10 Å². The van der Waals surface area contributed by atoms with Crippen molar-refractivity contribution in [1.82, 2.24) is 5.43 Å². The number of ether oxygens (including phenoxy) is 2. The van der Waals surface area contributed by atoms with Gasteiger partial charge in [-0.15, -0.1) is 0 Å². The van der Waals surface area contributed by atoms with E-state index in [0.717, 1.165) is 16.3 Å². The van der Waals surface area contributed by atoms with Gasteiger partial charge in [-0.05, 0) is 71.8 Å². The van der Waals surface area contributed by atoms with Gasteiger partial charge in [0.05, 0.1) is 16.8 Å². The molecule has 0 radical (unpaired) electrons. The van der Waals surface area contributed by atoms with Crippen molar-refractivity contribution in [3.05, 3.63) is 141 Å². The summed E-state index contributed by atoms with van der Waals surface area (Å²) in [5.74, 6) is -0.148. The Labute approximate surface area is 247 Å². The van der Waals surface area contributed by atoms with Crippen LogP contribution in [0.1, 0.15) is 37.4 Å². The largest absolute Gasteiger partial charge is 0.489 e. The number of benzene rings is 5. The molecule has 0 aliphatic carbocycles. The topological polar surface area (TPSA) is 77.0 Å². The molecule has 1 N–H and O–H groups in total. The van der Waals surface area contributed by atoms with Crippen LogP contribution in [0.15, 0.2) is 108 Å². The zero-order valence-corrected chi connectivity index (χ0v) is 23.4. The average Bonchev–Trinajstić information content (AvgIpc) is 2.98. The van der Waals surface area contributed by atoms with Gasteiger partial charge >= 0.3 is 5.97 Å². The van der Waals surface area contributed by atoms with Gasteiger partial charge in [-0.3, -0.25) is 4.79 Å². The van der Waals surface area contributed by atoms with E-state index in [-0.39, 0.29) is 16.3 Å². The minimum absolute atomic E-state index is 0.173. The Morgan fingerprint density at radius 3 is 2.39 bits per heavy atom. The van der Waals surface area contributed by atoms with Gasteiger partial charge in [0.2, 0.25) is 0 Å². The number of hydrogen-bond donors (Lipinski definition) is 1. The highest BCUT2D eigenvalue weighted by Gasteiger charge is 2.16. The minimum Gasteiger partial charge on any atom is -0.489 e. The van der Waals surface area contributed by atoms with Gasteiger partial charge in [-0.2, -0.15) is 5.10 Å². The summed E-state index contributed by atoms with van der Waals surface area (Å²) in [5, 5.41) is 6.43. The van der Waals surface area contributed by atoms with Crippen molar-refractivity contribution < 1.29 is 19.1 Å². The van der Waals surface area contributed by atoms with Gasteiger partial charge in [0.25, 0.3) is 5.91 Å². The molecule has 0 aliphatic heterocycles. The quantitative estimate of drug-likeness (QED) is 0.0869. The summed E-state index contributed by atoms with van der Waals surface area (Å²) < 4.78 is 11.5. The molecule has 0 atom stereocenters. The molecule has 5 aromatic carbocycles. The summed E-state index contributed by atoms with van der Waals surface area (Å²) in [7, 11) is 0. The number of carbonyl (C=O) groups is 2. The number of rotatable bonds is 8. The maximum atomic E-state index is 12.9. The predicted molar refractivity (Wildman–Crippen MR) is 162 cm³/mol. The Hall–Kier alpha value is -4.65. The second-order valence-electron chi connectivity index (χ2n) is 9.21. The number of esters is 1. The highest BCUT2D eigenvalue weighted by atomic mass is 35.5. The Bertz CT molecular complexity index is 1750. The summed E-state index contributed by atoms with van der Waals surface area (Å²) in [6, 6.07) is 30.5. The van der Waals surface area contributed by atoms with Crippen molar-refractivity contribution in [2.75, 3.05) is 0 Å². The average molecular weight is 583 g/mol. The Kier molecular flexibility index (Phi) is 8.63. The van der Waals surface area contributed by atoms with Gasteiger partial charge < -0.3 is 9.47 Å². The Morgan fingerprint density at radius 1 is 0.878 bits per heavy atom. The minimum atomic E-state index is -0.648. The van der Waals surface area contributed by atoms with Crippen molar-refractivity contribution in [3.63, 3.8) is 0 Å². The van der Waals surface area contributed by atoms with Crippen molar-refractivity contribution in [2.45, 2.75) is 13.5 Å². The predicted octanol–water partition coefficient (Wildman–Crippen LogP) is 8.02. The maximum Gasteiger partial charge on any atom is 0.345 e. The molecule has 0 heterocycles.